The SMILES string of the molecule is Cc1noc(C2CC(=O)N(C3CN(Cc4[nH]nc5ccccc45)C3)C2)n1. The Balaban J connectivity index is 1.21. The Hall–Kier alpha value is -2.74. The van der Waals surface area contributed by atoms with Crippen molar-refractivity contribution >= 4 is 16.8 Å². The molecule has 3 aromatic rings. The van der Waals surface area contributed by atoms with E-state index in [0.717, 1.165) is 30.8 Å². The number of hydrogen-bond acceptors (Lipinski definition) is 6. The number of carbonyl (C=O) groups excluding carboxylic acids is 1. The zero-order chi connectivity index (χ0) is 17.7. The van der Waals surface area contributed by atoms with Crippen molar-refractivity contribution in [3.63, 3.8) is 0 Å². The van der Waals surface area contributed by atoms with Crippen molar-refractivity contribution in [3.05, 3.63) is 41.7 Å². The Kier molecular flexibility index (Phi) is 3.53. The van der Waals surface area contributed by atoms with Crippen LogP contribution in [0.1, 0.15) is 29.7 Å². The number of fused-ring (bicyclic) bond motifs is 1. The zero-order valence-electron chi connectivity index (χ0n) is 14.6. The Morgan fingerprint density at radius 3 is 2.92 bits per heavy atom. The predicted octanol–water partition coefficient (Wildman–Crippen LogP) is 1.45. The number of aromatic nitrogens is 4. The van der Waals surface area contributed by atoms with Gasteiger partial charge in [0.1, 0.15) is 0 Å². The average molecular weight is 352 g/mol. The third-order valence-corrected chi connectivity index (χ3v) is 5.35. The lowest BCUT2D eigenvalue weighted by Gasteiger charge is -2.43. The lowest BCUT2D eigenvalue weighted by Crippen LogP contribution is -2.59. The number of aryl methyl sites for hydroxylation is 1. The number of benzene rings is 1. The first kappa shape index (κ1) is 15.5. The smallest absolute Gasteiger partial charge is 0.232 e. The van der Waals surface area contributed by atoms with Crippen LogP contribution in [0.15, 0.2) is 28.8 Å². The number of likely N-dealkylation sites (tertiary alicyclic amines) is 2. The molecule has 1 unspecified atom stereocenters. The Labute approximate surface area is 150 Å². The van der Waals surface area contributed by atoms with Gasteiger partial charge in [0.25, 0.3) is 0 Å². The minimum Gasteiger partial charge on any atom is -0.339 e. The van der Waals surface area contributed by atoms with Crippen LogP contribution in [-0.4, -0.2) is 61.7 Å². The van der Waals surface area contributed by atoms with Crippen molar-refractivity contribution < 1.29 is 9.32 Å². The number of aromatic amines is 1. The molecule has 8 heteroatoms. The molecule has 0 aliphatic carbocycles. The molecule has 0 radical (unpaired) electrons. The standard InChI is InChI=1S/C18H20N6O2/c1-11-19-18(26-22-11)12-6-17(25)24(7-12)13-8-23(9-13)10-16-14-4-2-3-5-15(14)20-21-16/h2-5,12-13H,6-10H2,1H3,(H,20,21). The van der Waals surface area contributed by atoms with Gasteiger partial charge in [-0.1, -0.05) is 23.4 Å². The van der Waals surface area contributed by atoms with Crippen molar-refractivity contribution in [3.8, 4) is 0 Å². The maximum absolute atomic E-state index is 12.4. The summed E-state index contributed by atoms with van der Waals surface area (Å²) in [7, 11) is 0. The van der Waals surface area contributed by atoms with Crippen LogP contribution in [0.5, 0.6) is 0 Å². The van der Waals surface area contributed by atoms with E-state index in [1.165, 1.54) is 5.39 Å². The second-order valence-corrected chi connectivity index (χ2v) is 7.19. The highest BCUT2D eigenvalue weighted by Crippen LogP contribution is 2.31. The lowest BCUT2D eigenvalue weighted by atomic mass is 10.1. The molecule has 2 aliphatic rings. The zero-order valence-corrected chi connectivity index (χ0v) is 14.6. The van der Waals surface area contributed by atoms with Crippen LogP contribution >= 0.6 is 0 Å². The van der Waals surface area contributed by atoms with Gasteiger partial charge >= 0.3 is 0 Å². The molecule has 0 bridgehead atoms. The second-order valence-electron chi connectivity index (χ2n) is 7.19. The molecule has 134 valence electrons. The molecule has 5 rings (SSSR count). The van der Waals surface area contributed by atoms with Crippen molar-refractivity contribution in [2.75, 3.05) is 19.6 Å². The minimum absolute atomic E-state index is 0.0225. The van der Waals surface area contributed by atoms with Gasteiger partial charge in [-0.05, 0) is 13.0 Å². The summed E-state index contributed by atoms with van der Waals surface area (Å²) in [5, 5.41) is 12.5. The van der Waals surface area contributed by atoms with Crippen LogP contribution in [-0.2, 0) is 11.3 Å². The van der Waals surface area contributed by atoms with E-state index in [0.29, 0.717) is 24.7 Å². The molecule has 8 nitrogen and oxygen atoms in total. The maximum atomic E-state index is 12.4. The highest BCUT2D eigenvalue weighted by molar-refractivity contribution is 5.81. The van der Waals surface area contributed by atoms with Gasteiger partial charge in [0.2, 0.25) is 11.8 Å². The van der Waals surface area contributed by atoms with Crippen LogP contribution in [0, 0.1) is 6.92 Å². The van der Waals surface area contributed by atoms with E-state index in [-0.39, 0.29) is 17.9 Å². The normalized spacial score (nSPS) is 21.7. The van der Waals surface area contributed by atoms with Gasteiger partial charge < -0.3 is 9.42 Å². The number of para-hydroxylation sites is 1. The van der Waals surface area contributed by atoms with E-state index in [1.807, 2.05) is 23.1 Å². The highest BCUT2D eigenvalue weighted by atomic mass is 16.5. The van der Waals surface area contributed by atoms with Gasteiger partial charge in [0, 0.05) is 38.0 Å². The summed E-state index contributed by atoms with van der Waals surface area (Å²) in [4.78, 5) is 21.0. The van der Waals surface area contributed by atoms with E-state index in [4.69, 9.17) is 4.52 Å². The van der Waals surface area contributed by atoms with Crippen molar-refractivity contribution in [2.24, 2.45) is 0 Å². The molecule has 1 atom stereocenters. The van der Waals surface area contributed by atoms with Gasteiger partial charge in [-0.15, -0.1) is 0 Å². The van der Waals surface area contributed by atoms with Gasteiger partial charge in [-0.25, -0.2) is 0 Å². The molecule has 0 spiro atoms. The summed E-state index contributed by atoms with van der Waals surface area (Å²) < 4.78 is 5.25. The summed E-state index contributed by atoms with van der Waals surface area (Å²) in [5.41, 5.74) is 2.12. The van der Waals surface area contributed by atoms with E-state index < -0.39 is 0 Å². The quantitative estimate of drug-likeness (QED) is 0.764. The van der Waals surface area contributed by atoms with Crippen LogP contribution in [0.2, 0.25) is 0 Å². The first-order chi connectivity index (χ1) is 12.7. The molecule has 1 aromatic carbocycles. The van der Waals surface area contributed by atoms with Gasteiger partial charge in [0.15, 0.2) is 5.82 Å². The molecular weight excluding hydrogens is 332 g/mol. The third kappa shape index (κ3) is 2.57. The fourth-order valence-electron chi connectivity index (χ4n) is 3.96. The molecule has 1 N–H and O–H groups in total. The average Bonchev–Trinajstić information content (AvgIpc) is 3.30. The topological polar surface area (TPSA) is 91.2 Å². The molecule has 1 amide bonds. The molecule has 26 heavy (non-hydrogen) atoms. The minimum atomic E-state index is 0.0225. The third-order valence-electron chi connectivity index (χ3n) is 5.35. The monoisotopic (exact) mass is 352 g/mol. The molecule has 0 saturated carbocycles. The number of rotatable bonds is 4. The number of amides is 1. The predicted molar refractivity (Wildman–Crippen MR) is 93.3 cm³/mol. The lowest BCUT2D eigenvalue weighted by molar-refractivity contribution is -0.133. The van der Waals surface area contributed by atoms with Crippen LogP contribution < -0.4 is 0 Å². The van der Waals surface area contributed by atoms with E-state index in [2.05, 4.69) is 31.3 Å². The summed E-state index contributed by atoms with van der Waals surface area (Å²) in [5.74, 6) is 1.41. The number of nitrogens with one attached hydrogen (secondary N) is 1. The van der Waals surface area contributed by atoms with Crippen LogP contribution in [0.25, 0.3) is 10.9 Å². The summed E-state index contributed by atoms with van der Waals surface area (Å²) in [6, 6.07) is 8.39. The summed E-state index contributed by atoms with van der Waals surface area (Å²) in [6.45, 7) is 5.06. The Morgan fingerprint density at radius 2 is 2.12 bits per heavy atom. The first-order valence-corrected chi connectivity index (χ1v) is 8.91. The largest absolute Gasteiger partial charge is 0.339 e. The molecule has 2 saturated heterocycles. The Morgan fingerprint density at radius 1 is 1.27 bits per heavy atom. The number of nitrogens with zero attached hydrogens (tertiary/aromatic N) is 5. The first-order valence-electron chi connectivity index (χ1n) is 8.91. The van der Waals surface area contributed by atoms with E-state index in [9.17, 15) is 4.79 Å². The molecule has 2 fully saturated rings. The van der Waals surface area contributed by atoms with Crippen molar-refractivity contribution in [1.29, 1.82) is 0 Å². The number of carbonyl (C=O) groups is 1. The van der Waals surface area contributed by atoms with Crippen molar-refractivity contribution in [2.45, 2.75) is 31.8 Å². The van der Waals surface area contributed by atoms with Crippen LogP contribution in [0.3, 0.4) is 0 Å². The highest BCUT2D eigenvalue weighted by Gasteiger charge is 2.42. The number of hydrogen-bond donors (Lipinski definition) is 1. The fraction of sp³-hybridized carbons (Fsp3) is 0.444. The maximum Gasteiger partial charge on any atom is 0.232 e. The second kappa shape index (κ2) is 5.91. The Bertz CT molecular complexity index is 957. The summed E-state index contributed by atoms with van der Waals surface area (Å²) >= 11 is 0. The van der Waals surface area contributed by atoms with E-state index in [1.54, 1.807) is 6.92 Å². The number of H-pyrrole nitrogens is 1. The van der Waals surface area contributed by atoms with Crippen molar-refractivity contribution in [1.82, 2.24) is 30.1 Å². The molecule has 4 heterocycles. The van der Waals surface area contributed by atoms with E-state index >= 15 is 0 Å². The molecular formula is C18H20N6O2. The molecule has 2 aliphatic heterocycles. The van der Waals surface area contributed by atoms with Gasteiger partial charge in [-0.3, -0.25) is 14.8 Å². The van der Waals surface area contributed by atoms with Crippen LogP contribution in [0.4, 0.5) is 0 Å². The fourth-order valence-corrected chi connectivity index (χ4v) is 3.96. The molecule has 2 aromatic heterocycles. The van der Waals surface area contributed by atoms with Gasteiger partial charge in [0.05, 0.1) is 23.2 Å². The summed E-state index contributed by atoms with van der Waals surface area (Å²) in [6.07, 6.45) is 0.462. The van der Waals surface area contributed by atoms with Gasteiger partial charge in [-0.2, -0.15) is 10.1 Å².